The lowest BCUT2D eigenvalue weighted by Crippen LogP contribution is -2.42. The predicted molar refractivity (Wildman–Crippen MR) is 70.5 cm³/mol. The summed E-state index contributed by atoms with van der Waals surface area (Å²) >= 11 is 0. The van der Waals surface area contributed by atoms with Crippen molar-refractivity contribution in [2.24, 2.45) is 5.92 Å². The molecule has 0 radical (unpaired) electrons. The minimum atomic E-state index is -0.378. The second-order valence-corrected chi connectivity index (χ2v) is 5.42. The van der Waals surface area contributed by atoms with Crippen molar-refractivity contribution in [2.45, 2.75) is 38.0 Å². The Morgan fingerprint density at radius 2 is 2.05 bits per heavy atom. The lowest BCUT2D eigenvalue weighted by atomic mass is 10.0. The van der Waals surface area contributed by atoms with E-state index < -0.39 is 0 Å². The van der Waals surface area contributed by atoms with Crippen LogP contribution in [0.25, 0.3) is 0 Å². The maximum absolute atomic E-state index is 12.1. The number of amides is 1. The molecule has 0 unspecified atom stereocenters. The molecule has 1 aromatic carbocycles. The summed E-state index contributed by atoms with van der Waals surface area (Å²) in [6.07, 6.45) is 2.14. The number of ether oxygens (including phenoxy) is 1. The predicted octanol–water partition coefficient (Wildman–Crippen LogP) is 2.17. The summed E-state index contributed by atoms with van der Waals surface area (Å²) in [6.45, 7) is 1.00. The molecule has 1 aliphatic heterocycles. The van der Waals surface area contributed by atoms with Crippen LogP contribution in [0.2, 0.25) is 0 Å². The van der Waals surface area contributed by atoms with Gasteiger partial charge >= 0.3 is 6.09 Å². The van der Waals surface area contributed by atoms with Crippen LogP contribution in [0.15, 0.2) is 30.3 Å². The summed E-state index contributed by atoms with van der Waals surface area (Å²) in [5, 5.41) is 9.95. The van der Waals surface area contributed by atoms with Gasteiger partial charge in [-0.15, -0.1) is 0 Å². The van der Waals surface area contributed by atoms with Crippen molar-refractivity contribution in [3.05, 3.63) is 35.9 Å². The van der Waals surface area contributed by atoms with Gasteiger partial charge in [-0.2, -0.15) is 0 Å². The molecule has 1 aromatic rings. The van der Waals surface area contributed by atoms with Crippen molar-refractivity contribution in [1.82, 2.24) is 4.90 Å². The lowest BCUT2D eigenvalue weighted by molar-refractivity contribution is 0.0541. The fourth-order valence-electron chi connectivity index (χ4n) is 3.29. The van der Waals surface area contributed by atoms with Crippen molar-refractivity contribution in [2.75, 3.05) is 6.54 Å². The zero-order valence-corrected chi connectivity index (χ0v) is 10.9. The minimum absolute atomic E-state index is 0.0247. The second-order valence-electron chi connectivity index (χ2n) is 5.42. The van der Waals surface area contributed by atoms with Crippen molar-refractivity contribution in [3.63, 3.8) is 0 Å². The van der Waals surface area contributed by atoms with Crippen LogP contribution in [0.1, 0.15) is 24.8 Å². The number of likely N-dealkylation sites (tertiary alicyclic amines) is 1. The molecule has 1 heterocycles. The summed E-state index contributed by atoms with van der Waals surface area (Å²) in [4.78, 5) is 13.8. The van der Waals surface area contributed by atoms with Crippen LogP contribution in [0.5, 0.6) is 0 Å². The molecule has 2 fully saturated rings. The third-order valence-electron chi connectivity index (χ3n) is 4.25. The highest BCUT2D eigenvalue weighted by molar-refractivity contribution is 5.68. The second kappa shape index (κ2) is 5.21. The molecule has 0 aromatic heterocycles. The van der Waals surface area contributed by atoms with Gasteiger partial charge in [-0.05, 0) is 30.7 Å². The van der Waals surface area contributed by atoms with E-state index >= 15 is 0 Å². The Bertz CT molecular complexity index is 448. The Morgan fingerprint density at radius 3 is 2.84 bits per heavy atom. The smallest absolute Gasteiger partial charge is 0.410 e. The van der Waals surface area contributed by atoms with E-state index in [-0.39, 0.29) is 18.2 Å². The summed E-state index contributed by atoms with van der Waals surface area (Å²) in [5.41, 5.74) is 0.985. The maximum Gasteiger partial charge on any atom is 0.410 e. The van der Waals surface area contributed by atoms with Gasteiger partial charge in [-0.3, -0.25) is 0 Å². The lowest BCUT2D eigenvalue weighted by Gasteiger charge is -2.26. The molecular weight excluding hydrogens is 242 g/mol. The highest BCUT2D eigenvalue weighted by Crippen LogP contribution is 2.38. The summed E-state index contributed by atoms with van der Waals surface area (Å²) in [5.74, 6) is 0.458. The molecule has 1 amide bonds. The monoisotopic (exact) mass is 261 g/mol. The summed E-state index contributed by atoms with van der Waals surface area (Å²) in [7, 11) is 0. The molecule has 3 atom stereocenters. The number of hydrogen-bond donors (Lipinski definition) is 1. The van der Waals surface area contributed by atoms with E-state index in [0.29, 0.717) is 19.1 Å². The van der Waals surface area contributed by atoms with Crippen LogP contribution in [0, 0.1) is 5.92 Å². The van der Waals surface area contributed by atoms with Gasteiger partial charge in [-0.25, -0.2) is 4.79 Å². The summed E-state index contributed by atoms with van der Waals surface area (Å²) < 4.78 is 5.34. The van der Waals surface area contributed by atoms with Crippen LogP contribution < -0.4 is 0 Å². The van der Waals surface area contributed by atoms with Crippen LogP contribution >= 0.6 is 0 Å². The van der Waals surface area contributed by atoms with Crippen molar-refractivity contribution >= 4 is 6.09 Å². The zero-order chi connectivity index (χ0) is 13.2. The van der Waals surface area contributed by atoms with Crippen molar-refractivity contribution in [3.8, 4) is 0 Å². The first kappa shape index (κ1) is 12.5. The Hall–Kier alpha value is -1.55. The number of carbonyl (C=O) groups is 1. The number of fused-ring (bicyclic) bond motifs is 1. The molecule has 0 bridgehead atoms. The fourth-order valence-corrected chi connectivity index (χ4v) is 3.29. The number of benzene rings is 1. The molecule has 4 nitrogen and oxygen atoms in total. The first-order valence-electron chi connectivity index (χ1n) is 6.91. The number of carbonyl (C=O) groups excluding carboxylic acids is 1. The third kappa shape index (κ3) is 2.45. The molecule has 1 saturated carbocycles. The molecule has 1 saturated heterocycles. The molecule has 1 aliphatic carbocycles. The van der Waals surface area contributed by atoms with Gasteiger partial charge in [0.2, 0.25) is 0 Å². The van der Waals surface area contributed by atoms with Gasteiger partial charge in [0.25, 0.3) is 0 Å². The zero-order valence-electron chi connectivity index (χ0n) is 10.9. The van der Waals surface area contributed by atoms with Gasteiger partial charge in [0, 0.05) is 6.54 Å². The number of aliphatic hydroxyl groups excluding tert-OH is 1. The topological polar surface area (TPSA) is 49.8 Å². The van der Waals surface area contributed by atoms with E-state index in [4.69, 9.17) is 4.74 Å². The average molecular weight is 261 g/mol. The number of hydrogen-bond acceptors (Lipinski definition) is 3. The minimum Gasteiger partial charge on any atom is -0.445 e. The van der Waals surface area contributed by atoms with E-state index in [1.54, 1.807) is 4.90 Å². The van der Waals surface area contributed by atoms with Gasteiger partial charge in [-0.1, -0.05) is 30.3 Å². The van der Waals surface area contributed by atoms with Gasteiger partial charge in [0.15, 0.2) is 0 Å². The fraction of sp³-hybridized carbons (Fsp3) is 0.533. The molecule has 3 rings (SSSR count). The standard InChI is InChI=1S/C15H19NO3/c17-13-7-6-12-8-9-16(14(12)13)15(18)19-10-11-4-2-1-3-5-11/h1-5,12-14,17H,6-10H2/t12-,13+,14+/m0/s1. The molecule has 19 heavy (non-hydrogen) atoms. The molecule has 2 aliphatic rings. The molecule has 4 heteroatoms. The first-order chi connectivity index (χ1) is 9.25. The molecule has 1 N–H and O–H groups in total. The Morgan fingerprint density at radius 1 is 1.26 bits per heavy atom. The SMILES string of the molecule is O=C(OCc1ccccc1)N1CC[C@@H]2CC[C@@H](O)[C@@H]21. The Labute approximate surface area is 113 Å². The van der Waals surface area contributed by atoms with Gasteiger partial charge in [0.1, 0.15) is 6.61 Å². The van der Waals surface area contributed by atoms with Crippen LogP contribution in [-0.4, -0.2) is 34.8 Å². The van der Waals surface area contributed by atoms with Gasteiger partial charge in [0.05, 0.1) is 12.1 Å². The van der Waals surface area contributed by atoms with Crippen LogP contribution in [-0.2, 0) is 11.3 Å². The molecule has 102 valence electrons. The average Bonchev–Trinajstić information content (AvgIpc) is 3.01. The quantitative estimate of drug-likeness (QED) is 0.887. The van der Waals surface area contributed by atoms with Crippen LogP contribution in [0.3, 0.4) is 0 Å². The largest absolute Gasteiger partial charge is 0.445 e. The van der Waals surface area contributed by atoms with Crippen molar-refractivity contribution < 1.29 is 14.6 Å². The Balaban J connectivity index is 1.59. The number of nitrogens with zero attached hydrogens (tertiary/aromatic N) is 1. The van der Waals surface area contributed by atoms with E-state index in [0.717, 1.165) is 24.8 Å². The third-order valence-corrected chi connectivity index (χ3v) is 4.25. The maximum atomic E-state index is 12.1. The first-order valence-corrected chi connectivity index (χ1v) is 6.91. The van der Waals surface area contributed by atoms with E-state index in [1.165, 1.54) is 0 Å². The van der Waals surface area contributed by atoms with Crippen molar-refractivity contribution in [1.29, 1.82) is 0 Å². The highest BCUT2D eigenvalue weighted by atomic mass is 16.6. The van der Waals surface area contributed by atoms with E-state index in [2.05, 4.69) is 0 Å². The molecule has 0 spiro atoms. The molecular formula is C15H19NO3. The van der Waals surface area contributed by atoms with Gasteiger partial charge < -0.3 is 14.7 Å². The van der Waals surface area contributed by atoms with E-state index in [1.807, 2.05) is 30.3 Å². The normalized spacial score (nSPS) is 29.3. The summed E-state index contributed by atoms with van der Waals surface area (Å²) in [6, 6.07) is 9.63. The highest BCUT2D eigenvalue weighted by Gasteiger charge is 2.45. The Kier molecular flexibility index (Phi) is 3.42. The van der Waals surface area contributed by atoms with E-state index in [9.17, 15) is 9.90 Å². The number of aliphatic hydroxyl groups is 1. The number of rotatable bonds is 2. The van der Waals surface area contributed by atoms with Crippen LogP contribution in [0.4, 0.5) is 4.79 Å².